The minimum Gasteiger partial charge on any atom is -0.491 e. The number of nitrogens with zero attached hydrogens (tertiary/aromatic N) is 4. The van der Waals surface area contributed by atoms with Crippen LogP contribution in [0.3, 0.4) is 0 Å². The van der Waals surface area contributed by atoms with Crippen molar-refractivity contribution in [3.63, 3.8) is 0 Å². The number of ether oxygens (including phenoxy) is 3. The maximum absolute atomic E-state index is 14.8. The monoisotopic (exact) mass is 890 g/mol. The van der Waals surface area contributed by atoms with Gasteiger partial charge in [-0.2, -0.15) is 4.98 Å². The minimum atomic E-state index is -1.54. The van der Waals surface area contributed by atoms with E-state index in [2.05, 4.69) is 37.7 Å². The molecule has 0 spiro atoms. The molecular formula is C45H59ClN8O9. The lowest BCUT2D eigenvalue weighted by molar-refractivity contribution is -0.146. The number of fused-ring (bicyclic) bond motifs is 2. The van der Waals surface area contributed by atoms with E-state index in [1.54, 1.807) is 12.1 Å². The highest BCUT2D eigenvalue weighted by molar-refractivity contribution is 6.36. The molecule has 3 aliphatic carbocycles. The van der Waals surface area contributed by atoms with Gasteiger partial charge >= 0.3 is 12.1 Å². The summed E-state index contributed by atoms with van der Waals surface area (Å²) < 4.78 is 24.5. The number of anilines is 1. The Balaban J connectivity index is 1.09. The molecule has 5 fully saturated rings. The van der Waals surface area contributed by atoms with Crippen molar-refractivity contribution in [3.8, 4) is 22.9 Å². The van der Waals surface area contributed by atoms with Crippen molar-refractivity contribution in [2.45, 2.75) is 103 Å². The number of pyridine rings is 1. The lowest BCUT2D eigenvalue weighted by atomic mass is 9.85. The van der Waals surface area contributed by atoms with Gasteiger partial charge in [-0.05, 0) is 68.9 Å². The molecule has 3 saturated carbocycles. The van der Waals surface area contributed by atoms with Crippen LogP contribution in [0.1, 0.15) is 66.7 Å². The number of carboxylic acid groups (broad SMARTS) is 1. The fraction of sp³-hybridized carbons (Fsp3) is 0.600. The van der Waals surface area contributed by atoms with Gasteiger partial charge in [0.25, 0.3) is 6.01 Å². The van der Waals surface area contributed by atoms with E-state index in [9.17, 15) is 24.3 Å². The molecule has 2 aromatic heterocycles. The number of likely N-dealkylation sites (tertiary alicyclic amines) is 1. The Morgan fingerprint density at radius 2 is 1.81 bits per heavy atom. The Kier molecular flexibility index (Phi) is 12.6. The predicted molar refractivity (Wildman–Crippen MR) is 235 cm³/mol. The summed E-state index contributed by atoms with van der Waals surface area (Å²) in [6.45, 7) is 17.9. The first-order valence-corrected chi connectivity index (χ1v) is 22.4. The topological polar surface area (TPSA) is 210 Å². The molecule has 5 N–H and O–H groups in total. The Bertz CT molecular complexity index is 2230. The molecule has 2 saturated heterocycles. The number of aromatic nitrogens is 2. The van der Waals surface area contributed by atoms with Crippen molar-refractivity contribution in [2.24, 2.45) is 23.2 Å². The summed E-state index contributed by atoms with van der Waals surface area (Å²) in [6, 6.07) is 3.40. The van der Waals surface area contributed by atoms with E-state index in [1.165, 1.54) is 17.2 Å². The number of carboxylic acids is 1. The fourth-order valence-corrected chi connectivity index (χ4v) is 9.48. The molecule has 17 nitrogen and oxygen atoms in total. The number of aliphatic carboxylic acids is 1. The molecular weight excluding hydrogens is 832 g/mol. The molecule has 0 radical (unpaired) electrons. The predicted octanol–water partition coefficient (Wildman–Crippen LogP) is 5.08. The van der Waals surface area contributed by atoms with Crippen LogP contribution >= 0.6 is 11.6 Å². The van der Waals surface area contributed by atoms with Gasteiger partial charge in [-0.15, -0.1) is 6.58 Å². The summed E-state index contributed by atoms with van der Waals surface area (Å²) >= 11 is 7.08. The Morgan fingerprint density at radius 1 is 1.06 bits per heavy atom. The first kappa shape index (κ1) is 44.5. The number of oxazole rings is 1. The van der Waals surface area contributed by atoms with E-state index < -0.39 is 58.9 Å². The van der Waals surface area contributed by atoms with Gasteiger partial charge in [-0.3, -0.25) is 14.5 Å². The number of amides is 3. The third kappa shape index (κ3) is 9.70. The average Bonchev–Trinajstić information content (AvgIpc) is 3.91. The van der Waals surface area contributed by atoms with Crippen LogP contribution in [-0.2, 0) is 19.1 Å². The van der Waals surface area contributed by atoms with Crippen LogP contribution in [0.5, 0.6) is 11.5 Å². The maximum atomic E-state index is 14.8. The van der Waals surface area contributed by atoms with Crippen LogP contribution in [0.4, 0.5) is 10.8 Å². The minimum absolute atomic E-state index is 0.00466. The molecule has 3 amide bonds. The average molecular weight is 891 g/mol. The number of rotatable bonds is 16. The molecule has 18 heteroatoms. The van der Waals surface area contributed by atoms with Crippen LogP contribution in [0.2, 0.25) is 5.02 Å². The number of carbonyl (C=O) groups excluding carboxylic acids is 3. The van der Waals surface area contributed by atoms with Crippen molar-refractivity contribution in [2.75, 3.05) is 51.2 Å². The fourth-order valence-electron chi connectivity index (χ4n) is 9.22. The molecule has 2 aliphatic heterocycles. The van der Waals surface area contributed by atoms with Gasteiger partial charge in [0.2, 0.25) is 11.8 Å². The lowest BCUT2D eigenvalue weighted by Gasteiger charge is -2.35. The zero-order chi connectivity index (χ0) is 44.8. The van der Waals surface area contributed by atoms with E-state index >= 15 is 0 Å². The summed E-state index contributed by atoms with van der Waals surface area (Å²) in [5.74, 6) is -0.873. The molecule has 2 unspecified atom stereocenters. The van der Waals surface area contributed by atoms with Gasteiger partial charge in [0.15, 0.2) is 0 Å². The summed E-state index contributed by atoms with van der Waals surface area (Å²) in [5, 5.41) is 23.1. The zero-order valence-corrected chi connectivity index (χ0v) is 37.3. The van der Waals surface area contributed by atoms with Crippen LogP contribution in [-0.4, -0.2) is 130 Å². The number of hydrogen-bond donors (Lipinski definition) is 5. The molecule has 0 bridgehead atoms. The number of halogens is 1. The molecule has 8 rings (SSSR count). The van der Waals surface area contributed by atoms with Crippen molar-refractivity contribution < 1.29 is 42.9 Å². The number of piperazine rings is 1. The van der Waals surface area contributed by atoms with E-state index in [-0.39, 0.29) is 36.6 Å². The van der Waals surface area contributed by atoms with Gasteiger partial charge in [0.1, 0.15) is 64.9 Å². The van der Waals surface area contributed by atoms with Gasteiger partial charge in [-0.25, -0.2) is 14.6 Å². The molecule has 1 aromatic carbocycles. The summed E-state index contributed by atoms with van der Waals surface area (Å²) in [4.78, 5) is 68.1. The molecule has 63 heavy (non-hydrogen) atoms. The van der Waals surface area contributed by atoms with Gasteiger partial charge < -0.3 is 49.9 Å². The highest BCUT2D eigenvalue weighted by Crippen LogP contribution is 2.52. The number of carbonyl (C=O) groups is 4. The first-order chi connectivity index (χ1) is 30.0. The molecule has 3 aromatic rings. The third-order valence-electron chi connectivity index (χ3n) is 12.9. The van der Waals surface area contributed by atoms with Gasteiger partial charge in [-0.1, -0.05) is 38.4 Å². The second-order valence-electron chi connectivity index (χ2n) is 19.0. The maximum Gasteiger partial charge on any atom is 0.408 e. The summed E-state index contributed by atoms with van der Waals surface area (Å²) in [5.41, 5.74) is -1.17. The van der Waals surface area contributed by atoms with Crippen molar-refractivity contribution >= 4 is 52.4 Å². The van der Waals surface area contributed by atoms with Gasteiger partial charge in [0, 0.05) is 62.6 Å². The van der Waals surface area contributed by atoms with E-state index in [1.807, 2.05) is 40.7 Å². The number of benzene rings is 1. The second kappa shape index (κ2) is 17.8. The number of nitrogens with one attached hydrogen (secondary N) is 4. The largest absolute Gasteiger partial charge is 0.491 e. The van der Waals surface area contributed by atoms with Crippen LogP contribution in [0.15, 0.2) is 41.5 Å². The van der Waals surface area contributed by atoms with Crippen LogP contribution in [0.25, 0.3) is 22.3 Å². The van der Waals surface area contributed by atoms with Crippen molar-refractivity contribution in [3.05, 3.63) is 42.1 Å². The quantitative estimate of drug-likeness (QED) is 0.119. The van der Waals surface area contributed by atoms with E-state index in [0.717, 1.165) is 52.0 Å². The first-order valence-electron chi connectivity index (χ1n) is 22.1. The van der Waals surface area contributed by atoms with Crippen LogP contribution in [0, 0.1) is 23.2 Å². The summed E-state index contributed by atoms with van der Waals surface area (Å²) in [6.07, 6.45) is 4.26. The molecule has 4 heterocycles. The number of alkyl carbamates (subject to hydrolysis) is 1. The van der Waals surface area contributed by atoms with Crippen LogP contribution < -0.4 is 30.7 Å². The van der Waals surface area contributed by atoms with E-state index in [0.29, 0.717) is 58.2 Å². The second-order valence-corrected chi connectivity index (χ2v) is 19.4. The van der Waals surface area contributed by atoms with Crippen molar-refractivity contribution in [1.82, 2.24) is 35.7 Å². The zero-order valence-electron chi connectivity index (χ0n) is 36.6. The Hall–Kier alpha value is -5.13. The number of hydrogen-bond acceptors (Lipinski definition) is 13. The normalized spacial score (nSPS) is 27.1. The smallest absolute Gasteiger partial charge is 0.408 e. The SMILES string of the molecule is C=CC1C[C@]1(NC(=O)[C@@H]1C[C@@H](Oc2cc(-c3coc(NC(C)C)n3)nc3c(Cl)c(OCCN4CCNCC4)ccc23)CN1C(=O)[C@@H](NC(=O)OC1C[C@@H]2C[C@@H]2C1)C(C)(C)C)C(=O)O. The summed E-state index contributed by atoms with van der Waals surface area (Å²) in [7, 11) is 0. The Morgan fingerprint density at radius 3 is 2.48 bits per heavy atom. The third-order valence-corrected chi connectivity index (χ3v) is 13.3. The molecule has 340 valence electrons. The van der Waals surface area contributed by atoms with Crippen molar-refractivity contribution in [1.29, 1.82) is 0 Å². The lowest BCUT2D eigenvalue weighted by Crippen LogP contribution is -2.59. The standard InChI is InChI=1S/C45H59ClN8O9/c1-7-27-21-45(27,41(57)58)52-39(55)33-19-29(22-54(33)40(56)38(44(4,5)6)51-43(59)63-28-17-25-16-26(25)18-28)62-35-20-31(32-23-61-42(50-32)48-24(2)3)49-37-30(35)8-9-34(36(37)46)60-15-14-53-12-10-47-11-13-53/h7-9,20,23-29,33,38,47H,1,10-19,21-22H2,2-6H3,(H,48,50)(H,51,59)(H,52,55)(H,57,58)/t25-,26+,27?,28?,29-,33+,38-,45-/m1/s1. The van der Waals surface area contributed by atoms with Gasteiger partial charge in [0.05, 0.1) is 17.8 Å². The Labute approximate surface area is 372 Å². The highest BCUT2D eigenvalue weighted by atomic mass is 35.5. The highest BCUT2D eigenvalue weighted by Gasteiger charge is 2.61. The molecule has 8 atom stereocenters. The molecule has 5 aliphatic rings. The van der Waals surface area contributed by atoms with E-state index in [4.69, 9.17) is 35.2 Å².